The first-order chi connectivity index (χ1) is 6.40. The van der Waals surface area contributed by atoms with Crippen molar-refractivity contribution in [3.05, 3.63) is 30.1 Å². The van der Waals surface area contributed by atoms with Gasteiger partial charge in [-0.1, -0.05) is 12.1 Å². The summed E-state index contributed by atoms with van der Waals surface area (Å²) in [6.07, 6.45) is 0. The minimum Gasteiger partial charge on any atom is -0.460 e. The molecule has 0 spiro atoms. The van der Waals surface area contributed by atoms with E-state index in [-0.39, 0.29) is 6.61 Å². The average Bonchev–Trinajstić information content (AvgIpc) is 2.57. The number of fused-ring (bicyclic) bond motifs is 1. The van der Waals surface area contributed by atoms with Gasteiger partial charge in [-0.2, -0.15) is 0 Å². The van der Waals surface area contributed by atoms with Crippen molar-refractivity contribution >= 4 is 17.5 Å². The Morgan fingerprint density at radius 1 is 1.46 bits per heavy atom. The van der Waals surface area contributed by atoms with E-state index >= 15 is 0 Å². The molecule has 2 aromatic rings. The number of nitrogens with zero attached hydrogens (tertiary/aromatic N) is 1. The highest BCUT2D eigenvalue weighted by Crippen LogP contribution is 2.10. The number of ether oxygens (including phenoxy) is 1. The van der Waals surface area contributed by atoms with Gasteiger partial charge in [0, 0.05) is 0 Å². The van der Waals surface area contributed by atoms with Gasteiger partial charge in [-0.15, -0.1) is 0 Å². The predicted molar refractivity (Wildman–Crippen MR) is 46.9 cm³/mol. The summed E-state index contributed by atoms with van der Waals surface area (Å²) in [5, 5.41) is 0. The van der Waals surface area contributed by atoms with E-state index in [2.05, 4.69) is 14.7 Å². The molecule has 0 saturated heterocycles. The summed E-state index contributed by atoms with van der Waals surface area (Å²) < 4.78 is 4.57. The molecule has 4 heteroatoms. The number of rotatable bonds is 3. The molecule has 0 aliphatic rings. The first-order valence-corrected chi connectivity index (χ1v) is 3.89. The molecule has 0 radical (unpaired) electrons. The third-order valence-electron chi connectivity index (χ3n) is 1.73. The Labute approximate surface area is 74.5 Å². The van der Waals surface area contributed by atoms with Gasteiger partial charge in [0.1, 0.15) is 12.4 Å². The Balaban J connectivity index is 2.32. The summed E-state index contributed by atoms with van der Waals surface area (Å²) >= 11 is 0. The molecule has 1 aromatic carbocycles. The second-order valence-electron chi connectivity index (χ2n) is 2.61. The lowest BCUT2D eigenvalue weighted by molar-refractivity contribution is -0.130. The molecular weight excluding hydrogens is 168 g/mol. The average molecular weight is 176 g/mol. The SMILES string of the molecule is O=COCc1nc2ccccc2[nH]1. The number of para-hydroxylation sites is 2. The number of hydrogen-bond donors (Lipinski definition) is 1. The molecule has 0 atom stereocenters. The topological polar surface area (TPSA) is 55.0 Å². The van der Waals surface area contributed by atoms with Crippen LogP contribution in [0.4, 0.5) is 0 Å². The number of imidazole rings is 1. The Morgan fingerprint density at radius 2 is 2.31 bits per heavy atom. The van der Waals surface area contributed by atoms with E-state index in [1.54, 1.807) is 0 Å². The maximum Gasteiger partial charge on any atom is 0.293 e. The number of benzene rings is 1. The first kappa shape index (κ1) is 7.79. The lowest BCUT2D eigenvalue weighted by Crippen LogP contribution is -1.91. The van der Waals surface area contributed by atoms with Crippen LogP contribution in [0.1, 0.15) is 5.82 Å². The molecule has 0 fully saturated rings. The van der Waals surface area contributed by atoms with Gasteiger partial charge >= 0.3 is 0 Å². The van der Waals surface area contributed by atoms with Crippen molar-refractivity contribution in [1.29, 1.82) is 0 Å². The Hall–Kier alpha value is -1.84. The number of H-pyrrole nitrogens is 1. The summed E-state index contributed by atoms with van der Waals surface area (Å²) in [6, 6.07) is 7.65. The van der Waals surface area contributed by atoms with Gasteiger partial charge < -0.3 is 9.72 Å². The van der Waals surface area contributed by atoms with Crippen LogP contribution in [-0.4, -0.2) is 16.4 Å². The van der Waals surface area contributed by atoms with Crippen LogP contribution in [0.5, 0.6) is 0 Å². The third kappa shape index (κ3) is 1.51. The minimum absolute atomic E-state index is 0.193. The Bertz CT molecular complexity index is 389. The van der Waals surface area contributed by atoms with E-state index in [0.29, 0.717) is 12.3 Å². The summed E-state index contributed by atoms with van der Waals surface area (Å²) in [5.41, 5.74) is 1.83. The van der Waals surface area contributed by atoms with E-state index in [0.717, 1.165) is 11.0 Å². The number of carbonyl (C=O) groups is 1. The van der Waals surface area contributed by atoms with Crippen molar-refractivity contribution < 1.29 is 9.53 Å². The fraction of sp³-hybridized carbons (Fsp3) is 0.111. The van der Waals surface area contributed by atoms with Gasteiger partial charge in [-0.05, 0) is 12.1 Å². The van der Waals surface area contributed by atoms with Crippen LogP contribution in [0.15, 0.2) is 24.3 Å². The molecule has 0 aliphatic heterocycles. The molecule has 1 heterocycles. The van der Waals surface area contributed by atoms with Crippen molar-refractivity contribution in [1.82, 2.24) is 9.97 Å². The highest BCUT2D eigenvalue weighted by molar-refractivity contribution is 5.74. The van der Waals surface area contributed by atoms with Gasteiger partial charge in [-0.25, -0.2) is 4.98 Å². The largest absolute Gasteiger partial charge is 0.460 e. The predicted octanol–water partition coefficient (Wildman–Crippen LogP) is 1.24. The maximum atomic E-state index is 9.93. The van der Waals surface area contributed by atoms with E-state index in [9.17, 15) is 4.79 Å². The quantitative estimate of drug-likeness (QED) is 0.716. The molecule has 66 valence electrons. The molecule has 0 saturated carbocycles. The number of carbonyl (C=O) groups excluding carboxylic acids is 1. The van der Waals surface area contributed by atoms with E-state index < -0.39 is 0 Å². The smallest absolute Gasteiger partial charge is 0.293 e. The standard InChI is InChI=1S/C9H8N2O2/c12-6-13-5-9-10-7-3-1-2-4-8(7)11-9/h1-4,6H,5H2,(H,10,11). The fourth-order valence-corrected chi connectivity index (χ4v) is 1.19. The number of nitrogens with one attached hydrogen (secondary N) is 1. The number of hydrogen-bond acceptors (Lipinski definition) is 3. The van der Waals surface area contributed by atoms with Crippen molar-refractivity contribution in [3.8, 4) is 0 Å². The van der Waals surface area contributed by atoms with Crippen LogP contribution < -0.4 is 0 Å². The zero-order chi connectivity index (χ0) is 9.10. The molecule has 0 aliphatic carbocycles. The van der Waals surface area contributed by atoms with Crippen LogP contribution >= 0.6 is 0 Å². The lowest BCUT2D eigenvalue weighted by atomic mass is 10.3. The second-order valence-corrected chi connectivity index (χ2v) is 2.61. The van der Waals surface area contributed by atoms with Gasteiger partial charge in [-0.3, -0.25) is 4.79 Å². The van der Waals surface area contributed by atoms with Crippen LogP contribution in [-0.2, 0) is 16.1 Å². The van der Waals surface area contributed by atoms with Crippen LogP contribution in [0, 0.1) is 0 Å². The Morgan fingerprint density at radius 3 is 3.08 bits per heavy atom. The van der Waals surface area contributed by atoms with Gasteiger partial charge in [0.2, 0.25) is 0 Å². The highest BCUT2D eigenvalue weighted by Gasteiger charge is 2.00. The molecule has 1 N–H and O–H groups in total. The van der Waals surface area contributed by atoms with E-state index in [1.165, 1.54) is 0 Å². The van der Waals surface area contributed by atoms with Gasteiger partial charge in [0.05, 0.1) is 11.0 Å². The van der Waals surface area contributed by atoms with E-state index in [4.69, 9.17) is 0 Å². The summed E-state index contributed by atoms with van der Waals surface area (Å²) in [5.74, 6) is 0.660. The highest BCUT2D eigenvalue weighted by atomic mass is 16.5. The molecular formula is C9H8N2O2. The third-order valence-corrected chi connectivity index (χ3v) is 1.73. The Kier molecular flexibility index (Phi) is 1.96. The molecule has 0 amide bonds. The van der Waals surface area contributed by atoms with E-state index in [1.807, 2.05) is 24.3 Å². The zero-order valence-corrected chi connectivity index (χ0v) is 6.86. The molecule has 0 bridgehead atoms. The van der Waals surface area contributed by atoms with Crippen molar-refractivity contribution in [3.63, 3.8) is 0 Å². The minimum atomic E-state index is 0.193. The maximum absolute atomic E-state index is 9.93. The van der Waals surface area contributed by atoms with Crippen LogP contribution in [0.3, 0.4) is 0 Å². The summed E-state index contributed by atoms with van der Waals surface area (Å²) in [6.45, 7) is 0.603. The van der Waals surface area contributed by atoms with Crippen LogP contribution in [0.2, 0.25) is 0 Å². The first-order valence-electron chi connectivity index (χ1n) is 3.89. The molecule has 13 heavy (non-hydrogen) atoms. The monoisotopic (exact) mass is 176 g/mol. The molecule has 0 unspecified atom stereocenters. The summed E-state index contributed by atoms with van der Waals surface area (Å²) in [7, 11) is 0. The zero-order valence-electron chi connectivity index (χ0n) is 6.86. The van der Waals surface area contributed by atoms with Gasteiger partial charge in [0.15, 0.2) is 0 Å². The van der Waals surface area contributed by atoms with Gasteiger partial charge in [0.25, 0.3) is 6.47 Å². The van der Waals surface area contributed by atoms with Crippen molar-refractivity contribution in [2.45, 2.75) is 6.61 Å². The molecule has 2 rings (SSSR count). The summed E-state index contributed by atoms with van der Waals surface area (Å²) in [4.78, 5) is 17.2. The van der Waals surface area contributed by atoms with Crippen molar-refractivity contribution in [2.24, 2.45) is 0 Å². The number of aromatic amines is 1. The molecule has 4 nitrogen and oxygen atoms in total. The normalized spacial score (nSPS) is 10.2. The fourth-order valence-electron chi connectivity index (χ4n) is 1.19. The van der Waals surface area contributed by atoms with Crippen LogP contribution in [0.25, 0.3) is 11.0 Å². The number of aromatic nitrogens is 2. The molecule has 1 aromatic heterocycles. The van der Waals surface area contributed by atoms with Crippen molar-refractivity contribution in [2.75, 3.05) is 0 Å². The second kappa shape index (κ2) is 3.26. The lowest BCUT2D eigenvalue weighted by Gasteiger charge is -1.90.